The molecule has 4 rings (SSSR count). The van der Waals surface area contributed by atoms with Crippen LogP contribution in [-0.4, -0.2) is 11.9 Å². The molecule has 2 aromatic carbocycles. The summed E-state index contributed by atoms with van der Waals surface area (Å²) in [5, 5.41) is 0. The van der Waals surface area contributed by atoms with E-state index in [1.807, 2.05) is 0 Å². The number of esters is 1. The first-order chi connectivity index (χ1) is 13.8. The summed E-state index contributed by atoms with van der Waals surface area (Å²) < 4.78 is 62.2. The largest absolute Gasteiger partial charge is 0.457 e. The van der Waals surface area contributed by atoms with Crippen molar-refractivity contribution in [2.24, 2.45) is 4.99 Å². The number of rotatable bonds is 3. The molecule has 0 radical (unpaired) electrons. The third-order valence-electron chi connectivity index (χ3n) is 4.09. The van der Waals surface area contributed by atoms with E-state index < -0.39 is 23.5 Å². The first-order valence-corrected chi connectivity index (χ1v) is 8.35. The molecule has 2 heterocycles. The molecule has 1 aliphatic rings. The summed E-state index contributed by atoms with van der Waals surface area (Å²) in [5.41, 5.74) is -0.172. The predicted octanol–water partition coefficient (Wildman–Crippen LogP) is 5.45. The molecule has 0 fully saturated rings. The minimum absolute atomic E-state index is 0.0194. The fourth-order valence-corrected chi connectivity index (χ4v) is 2.69. The highest BCUT2D eigenvalue weighted by atomic mass is 19.4. The third-order valence-corrected chi connectivity index (χ3v) is 4.09. The van der Waals surface area contributed by atoms with Crippen molar-refractivity contribution in [2.45, 2.75) is 6.18 Å². The summed E-state index contributed by atoms with van der Waals surface area (Å²) in [5.74, 6) is -0.718. The first kappa shape index (κ1) is 18.7. The Morgan fingerprint density at radius 2 is 1.69 bits per heavy atom. The molecule has 0 saturated heterocycles. The zero-order chi connectivity index (χ0) is 20.6. The standard InChI is InChI=1S/C21H11F4NO3/c22-15-6-4-12(5-7-15)19-26-17(20(27)29-19)11-16-8-9-18(28-16)13-2-1-3-14(10-13)21(23,24)25/h1-11H/b17-11+. The Labute approximate surface area is 161 Å². The number of benzene rings is 2. The maximum Gasteiger partial charge on any atom is 0.416 e. The van der Waals surface area contributed by atoms with Crippen molar-refractivity contribution in [3.63, 3.8) is 0 Å². The van der Waals surface area contributed by atoms with E-state index >= 15 is 0 Å². The highest BCUT2D eigenvalue weighted by Gasteiger charge is 2.30. The van der Waals surface area contributed by atoms with Gasteiger partial charge in [0.25, 0.3) is 0 Å². The van der Waals surface area contributed by atoms with Crippen LogP contribution in [0.4, 0.5) is 17.6 Å². The van der Waals surface area contributed by atoms with Crippen molar-refractivity contribution in [1.82, 2.24) is 0 Å². The maximum atomic E-state index is 13.0. The molecular weight excluding hydrogens is 390 g/mol. The lowest BCUT2D eigenvalue weighted by Crippen LogP contribution is -2.05. The van der Waals surface area contributed by atoms with Crippen molar-refractivity contribution in [3.8, 4) is 11.3 Å². The number of hydrogen-bond acceptors (Lipinski definition) is 4. The van der Waals surface area contributed by atoms with Crippen LogP contribution in [0, 0.1) is 5.82 Å². The highest BCUT2D eigenvalue weighted by molar-refractivity contribution is 6.12. The van der Waals surface area contributed by atoms with Gasteiger partial charge in [-0.05, 0) is 48.5 Å². The van der Waals surface area contributed by atoms with Crippen LogP contribution in [-0.2, 0) is 15.7 Å². The molecule has 0 unspecified atom stereocenters. The van der Waals surface area contributed by atoms with Crippen LogP contribution in [0.25, 0.3) is 17.4 Å². The third kappa shape index (κ3) is 3.96. The smallest absolute Gasteiger partial charge is 0.416 e. The van der Waals surface area contributed by atoms with E-state index in [1.54, 1.807) is 0 Å². The second-order valence-electron chi connectivity index (χ2n) is 6.12. The van der Waals surface area contributed by atoms with Gasteiger partial charge >= 0.3 is 12.1 Å². The lowest BCUT2D eigenvalue weighted by Gasteiger charge is -2.07. The van der Waals surface area contributed by atoms with Crippen molar-refractivity contribution < 1.29 is 31.5 Å². The van der Waals surface area contributed by atoms with Gasteiger partial charge in [0, 0.05) is 17.2 Å². The molecule has 8 heteroatoms. The van der Waals surface area contributed by atoms with Crippen LogP contribution in [0.2, 0.25) is 0 Å². The van der Waals surface area contributed by atoms with Crippen LogP contribution in [0.1, 0.15) is 16.9 Å². The quantitative estimate of drug-likeness (QED) is 0.333. The van der Waals surface area contributed by atoms with Gasteiger partial charge in [0.15, 0.2) is 5.70 Å². The summed E-state index contributed by atoms with van der Waals surface area (Å²) in [6.45, 7) is 0. The molecule has 29 heavy (non-hydrogen) atoms. The lowest BCUT2D eigenvalue weighted by atomic mass is 10.1. The molecule has 0 amide bonds. The molecule has 0 aliphatic carbocycles. The minimum Gasteiger partial charge on any atom is -0.457 e. The normalized spacial score (nSPS) is 15.5. The maximum absolute atomic E-state index is 13.0. The Hall–Kier alpha value is -3.68. The zero-order valence-electron chi connectivity index (χ0n) is 14.5. The molecule has 4 nitrogen and oxygen atoms in total. The molecule has 3 aromatic rings. The average molecular weight is 401 g/mol. The molecule has 0 atom stereocenters. The summed E-state index contributed by atoms with van der Waals surface area (Å²) in [7, 11) is 0. The summed E-state index contributed by atoms with van der Waals surface area (Å²) in [6.07, 6.45) is -3.15. The van der Waals surface area contributed by atoms with Crippen molar-refractivity contribution >= 4 is 17.9 Å². The Morgan fingerprint density at radius 3 is 2.41 bits per heavy atom. The van der Waals surface area contributed by atoms with Gasteiger partial charge in [-0.1, -0.05) is 12.1 Å². The number of halogens is 4. The van der Waals surface area contributed by atoms with E-state index in [4.69, 9.17) is 9.15 Å². The number of aliphatic imine (C=N–C) groups is 1. The molecule has 0 bridgehead atoms. The molecule has 0 saturated carbocycles. The number of alkyl halides is 3. The first-order valence-electron chi connectivity index (χ1n) is 8.35. The van der Waals surface area contributed by atoms with E-state index in [2.05, 4.69) is 4.99 Å². The van der Waals surface area contributed by atoms with Crippen LogP contribution >= 0.6 is 0 Å². The number of nitrogens with zero attached hydrogens (tertiary/aromatic N) is 1. The van der Waals surface area contributed by atoms with Crippen LogP contribution in [0.3, 0.4) is 0 Å². The number of carbonyl (C=O) groups excluding carboxylic acids is 1. The number of furan rings is 1. The number of ether oxygens (including phenoxy) is 1. The fourth-order valence-electron chi connectivity index (χ4n) is 2.69. The minimum atomic E-state index is -4.47. The second-order valence-corrected chi connectivity index (χ2v) is 6.12. The summed E-state index contributed by atoms with van der Waals surface area (Å²) in [6, 6.07) is 13.0. The predicted molar refractivity (Wildman–Crippen MR) is 96.2 cm³/mol. The molecule has 146 valence electrons. The van der Waals surface area contributed by atoms with E-state index in [1.165, 1.54) is 54.6 Å². The Bertz CT molecular complexity index is 1140. The van der Waals surface area contributed by atoms with Crippen molar-refractivity contribution in [3.05, 3.63) is 89.1 Å². The van der Waals surface area contributed by atoms with Gasteiger partial charge < -0.3 is 9.15 Å². The Kier molecular flexibility index (Phi) is 4.54. The second kappa shape index (κ2) is 7.05. The SMILES string of the molecule is O=C1OC(c2ccc(F)cc2)=N/C1=C/c1ccc(-c2cccc(C(F)(F)F)c2)o1. The van der Waals surface area contributed by atoms with E-state index in [9.17, 15) is 22.4 Å². The van der Waals surface area contributed by atoms with Gasteiger partial charge in [-0.15, -0.1) is 0 Å². The molecule has 0 spiro atoms. The highest BCUT2D eigenvalue weighted by Crippen LogP contribution is 2.33. The average Bonchev–Trinajstić information content (AvgIpc) is 3.29. The van der Waals surface area contributed by atoms with E-state index in [0.717, 1.165) is 12.1 Å². The van der Waals surface area contributed by atoms with Gasteiger partial charge in [0.1, 0.15) is 17.3 Å². The van der Waals surface area contributed by atoms with Gasteiger partial charge in [0.05, 0.1) is 5.56 Å². The zero-order valence-corrected chi connectivity index (χ0v) is 14.5. The fraction of sp³-hybridized carbons (Fsp3) is 0.0476. The number of carbonyl (C=O) groups is 1. The van der Waals surface area contributed by atoms with Crippen LogP contribution < -0.4 is 0 Å². The molecule has 1 aromatic heterocycles. The molecule has 1 aliphatic heterocycles. The molecular formula is C21H11F4NO3. The van der Waals surface area contributed by atoms with Crippen LogP contribution in [0.15, 0.2) is 75.8 Å². The Balaban J connectivity index is 1.61. The number of cyclic esters (lactones) is 1. The van der Waals surface area contributed by atoms with Gasteiger partial charge in [-0.2, -0.15) is 13.2 Å². The monoisotopic (exact) mass is 401 g/mol. The van der Waals surface area contributed by atoms with Gasteiger partial charge in [-0.25, -0.2) is 14.2 Å². The molecule has 0 N–H and O–H groups in total. The van der Waals surface area contributed by atoms with E-state index in [0.29, 0.717) is 5.56 Å². The summed E-state index contributed by atoms with van der Waals surface area (Å²) in [4.78, 5) is 16.1. The summed E-state index contributed by atoms with van der Waals surface area (Å²) >= 11 is 0. The number of hydrogen-bond donors (Lipinski definition) is 0. The van der Waals surface area contributed by atoms with Crippen molar-refractivity contribution in [2.75, 3.05) is 0 Å². The lowest BCUT2D eigenvalue weighted by molar-refractivity contribution is -0.137. The van der Waals surface area contributed by atoms with Crippen LogP contribution in [0.5, 0.6) is 0 Å². The van der Waals surface area contributed by atoms with E-state index in [-0.39, 0.29) is 28.7 Å². The van der Waals surface area contributed by atoms with Gasteiger partial charge in [0.2, 0.25) is 5.90 Å². The topological polar surface area (TPSA) is 51.8 Å². The van der Waals surface area contributed by atoms with Gasteiger partial charge in [-0.3, -0.25) is 0 Å². The Morgan fingerprint density at radius 1 is 0.931 bits per heavy atom. The van der Waals surface area contributed by atoms with Crippen molar-refractivity contribution in [1.29, 1.82) is 0 Å².